The average Bonchev–Trinajstić information content (AvgIpc) is 2.95. The molecule has 1 atom stereocenters. The number of ether oxygens (including phenoxy) is 1. The summed E-state index contributed by atoms with van der Waals surface area (Å²) < 4.78 is 6.63. The van der Waals surface area contributed by atoms with Gasteiger partial charge in [0.05, 0.1) is 6.10 Å². The van der Waals surface area contributed by atoms with Crippen LogP contribution in [0.3, 0.4) is 0 Å². The molecular weight excluding hydrogens is 466 g/mol. The topological polar surface area (TPSA) is 87.1 Å². The standard InChI is InChI=1S/C31H35NO5/c33-28(23-14-16-24(17-15-23)29(34)31(35)36)13-7-8-20-32-21-18-27(19-22-32)37-30(25-9-3-1-4-10-25)26-11-5-2-6-12-26/h1-6,9-12,14-17,27,29-30,34H,7-8,13,18-22H2,(H,35,36). The highest BCUT2D eigenvalue weighted by Gasteiger charge is 2.24. The molecule has 1 saturated heterocycles. The molecule has 3 aromatic rings. The van der Waals surface area contributed by atoms with Crippen molar-refractivity contribution in [1.29, 1.82) is 0 Å². The number of unbranched alkanes of at least 4 members (excludes halogenated alkanes) is 1. The largest absolute Gasteiger partial charge is 0.479 e. The Hall–Kier alpha value is -3.32. The fourth-order valence-electron chi connectivity index (χ4n) is 4.83. The van der Waals surface area contributed by atoms with Crippen molar-refractivity contribution in [2.45, 2.75) is 50.4 Å². The number of hydrogen-bond donors (Lipinski definition) is 2. The van der Waals surface area contributed by atoms with E-state index in [0.717, 1.165) is 45.3 Å². The Balaban J connectivity index is 1.19. The second-order valence-electron chi connectivity index (χ2n) is 9.62. The van der Waals surface area contributed by atoms with Gasteiger partial charge in [-0.2, -0.15) is 0 Å². The minimum atomic E-state index is -1.57. The zero-order valence-electron chi connectivity index (χ0n) is 21.0. The second-order valence-corrected chi connectivity index (χ2v) is 9.62. The summed E-state index contributed by atoms with van der Waals surface area (Å²) in [4.78, 5) is 25.8. The number of aliphatic hydroxyl groups excluding tert-OH is 1. The molecule has 0 radical (unpaired) electrons. The number of carbonyl (C=O) groups excluding carboxylic acids is 1. The molecule has 6 nitrogen and oxygen atoms in total. The lowest BCUT2D eigenvalue weighted by molar-refractivity contribution is -0.146. The summed E-state index contributed by atoms with van der Waals surface area (Å²) in [6.45, 7) is 2.94. The van der Waals surface area contributed by atoms with Gasteiger partial charge in [0.15, 0.2) is 11.9 Å². The van der Waals surface area contributed by atoms with Gasteiger partial charge < -0.3 is 19.8 Å². The Bertz CT molecular complexity index is 1090. The molecule has 0 amide bonds. The fraction of sp³-hybridized carbons (Fsp3) is 0.355. The van der Waals surface area contributed by atoms with Crippen LogP contribution in [0.15, 0.2) is 84.9 Å². The van der Waals surface area contributed by atoms with Gasteiger partial charge in [-0.25, -0.2) is 4.79 Å². The van der Waals surface area contributed by atoms with Crippen LogP contribution < -0.4 is 0 Å². The molecule has 0 aliphatic carbocycles. The summed E-state index contributed by atoms with van der Waals surface area (Å²) in [5.74, 6) is -1.27. The summed E-state index contributed by atoms with van der Waals surface area (Å²) in [6.07, 6.45) is 2.77. The first-order chi connectivity index (χ1) is 18.0. The smallest absolute Gasteiger partial charge is 0.337 e. The maximum Gasteiger partial charge on any atom is 0.337 e. The summed E-state index contributed by atoms with van der Waals surface area (Å²) in [5, 5.41) is 18.5. The van der Waals surface area contributed by atoms with E-state index in [-0.39, 0.29) is 23.6 Å². The number of carboxylic acid groups (broad SMARTS) is 1. The van der Waals surface area contributed by atoms with E-state index < -0.39 is 12.1 Å². The summed E-state index contributed by atoms with van der Waals surface area (Å²) in [5.41, 5.74) is 3.17. The van der Waals surface area contributed by atoms with E-state index >= 15 is 0 Å². The molecule has 4 rings (SSSR count). The third-order valence-corrected chi connectivity index (χ3v) is 6.98. The van der Waals surface area contributed by atoms with Crippen LogP contribution >= 0.6 is 0 Å². The van der Waals surface area contributed by atoms with Crippen molar-refractivity contribution in [2.75, 3.05) is 19.6 Å². The number of likely N-dealkylation sites (tertiary alicyclic amines) is 1. The van der Waals surface area contributed by atoms with Gasteiger partial charge in [0.2, 0.25) is 0 Å². The molecule has 3 aromatic carbocycles. The number of hydrogen-bond acceptors (Lipinski definition) is 5. The fourth-order valence-corrected chi connectivity index (χ4v) is 4.83. The molecule has 6 heteroatoms. The van der Waals surface area contributed by atoms with Crippen molar-refractivity contribution >= 4 is 11.8 Å². The Morgan fingerprint density at radius 2 is 1.38 bits per heavy atom. The van der Waals surface area contributed by atoms with E-state index in [1.54, 1.807) is 12.1 Å². The normalized spacial score (nSPS) is 15.5. The first-order valence-electron chi connectivity index (χ1n) is 13.0. The number of carbonyl (C=O) groups is 2. The molecule has 0 spiro atoms. The molecule has 0 bridgehead atoms. The van der Waals surface area contributed by atoms with Crippen molar-refractivity contribution in [3.05, 3.63) is 107 Å². The van der Waals surface area contributed by atoms with Crippen LogP contribution in [-0.2, 0) is 9.53 Å². The van der Waals surface area contributed by atoms with Gasteiger partial charge in [0.25, 0.3) is 0 Å². The van der Waals surface area contributed by atoms with Crippen molar-refractivity contribution in [3.63, 3.8) is 0 Å². The van der Waals surface area contributed by atoms with E-state index in [2.05, 4.69) is 53.4 Å². The van der Waals surface area contributed by atoms with Crippen LogP contribution in [-0.4, -0.2) is 52.6 Å². The van der Waals surface area contributed by atoms with E-state index in [4.69, 9.17) is 9.84 Å². The molecule has 1 fully saturated rings. The van der Waals surface area contributed by atoms with Crippen molar-refractivity contribution in [2.24, 2.45) is 0 Å². The number of nitrogens with zero attached hydrogens (tertiary/aromatic N) is 1. The summed E-state index contributed by atoms with van der Waals surface area (Å²) in [7, 11) is 0. The molecule has 1 unspecified atom stereocenters. The quantitative estimate of drug-likeness (QED) is 0.254. The SMILES string of the molecule is O=C(CCCCN1CCC(OC(c2ccccc2)c2ccccc2)CC1)c1ccc(C(O)C(=O)O)cc1. The molecule has 2 N–H and O–H groups in total. The lowest BCUT2D eigenvalue weighted by Gasteiger charge is -2.34. The van der Waals surface area contributed by atoms with Gasteiger partial charge in [0.1, 0.15) is 6.10 Å². The number of benzene rings is 3. The molecule has 0 aromatic heterocycles. The highest BCUT2D eigenvalue weighted by Crippen LogP contribution is 2.30. The molecule has 1 aliphatic rings. The first kappa shape index (κ1) is 26.7. The van der Waals surface area contributed by atoms with Crippen LogP contribution in [0, 0.1) is 0 Å². The zero-order valence-corrected chi connectivity index (χ0v) is 21.0. The third kappa shape index (κ3) is 7.59. The monoisotopic (exact) mass is 501 g/mol. The molecule has 0 saturated carbocycles. The Morgan fingerprint density at radius 3 is 1.92 bits per heavy atom. The van der Waals surface area contributed by atoms with Gasteiger partial charge >= 0.3 is 5.97 Å². The number of Topliss-reactive ketones (excluding diaryl/α,β-unsaturated/α-hetero) is 1. The van der Waals surface area contributed by atoms with E-state index in [0.29, 0.717) is 12.0 Å². The lowest BCUT2D eigenvalue weighted by atomic mass is 10.00. The van der Waals surface area contributed by atoms with Gasteiger partial charge in [-0.15, -0.1) is 0 Å². The van der Waals surface area contributed by atoms with E-state index in [1.165, 1.54) is 23.3 Å². The number of aliphatic carboxylic acids is 1. The highest BCUT2D eigenvalue weighted by atomic mass is 16.5. The number of piperidine rings is 1. The van der Waals surface area contributed by atoms with Crippen LogP contribution in [0.1, 0.15) is 71.4 Å². The van der Waals surface area contributed by atoms with Gasteiger partial charge in [-0.05, 0) is 48.9 Å². The van der Waals surface area contributed by atoms with Gasteiger partial charge in [-0.1, -0.05) is 84.9 Å². The van der Waals surface area contributed by atoms with Crippen LogP contribution in [0.2, 0.25) is 0 Å². The van der Waals surface area contributed by atoms with E-state index in [1.807, 2.05) is 12.1 Å². The number of aliphatic hydroxyl groups is 1. The summed E-state index contributed by atoms with van der Waals surface area (Å²) in [6, 6.07) is 27.0. The average molecular weight is 502 g/mol. The predicted octanol–water partition coefficient (Wildman–Crippen LogP) is 5.43. The zero-order chi connectivity index (χ0) is 26.0. The Labute approximate surface area is 218 Å². The Morgan fingerprint density at radius 1 is 0.811 bits per heavy atom. The third-order valence-electron chi connectivity index (χ3n) is 6.98. The maximum atomic E-state index is 12.5. The molecule has 194 valence electrons. The minimum absolute atomic E-state index is 0.0383. The number of carboxylic acids is 1. The van der Waals surface area contributed by atoms with E-state index in [9.17, 15) is 14.7 Å². The van der Waals surface area contributed by atoms with Crippen molar-refractivity contribution in [1.82, 2.24) is 4.90 Å². The van der Waals surface area contributed by atoms with Crippen LogP contribution in [0.25, 0.3) is 0 Å². The van der Waals surface area contributed by atoms with Crippen molar-refractivity contribution < 1.29 is 24.5 Å². The van der Waals surface area contributed by atoms with Crippen LogP contribution in [0.4, 0.5) is 0 Å². The maximum absolute atomic E-state index is 12.5. The van der Waals surface area contributed by atoms with Gasteiger partial charge in [-0.3, -0.25) is 4.79 Å². The minimum Gasteiger partial charge on any atom is -0.479 e. The lowest BCUT2D eigenvalue weighted by Crippen LogP contribution is -2.38. The first-order valence-corrected chi connectivity index (χ1v) is 13.0. The Kier molecular flexibility index (Phi) is 9.60. The second kappa shape index (κ2) is 13.3. The summed E-state index contributed by atoms with van der Waals surface area (Å²) >= 11 is 0. The molecule has 1 heterocycles. The molecular formula is C31H35NO5. The van der Waals surface area contributed by atoms with Crippen LogP contribution in [0.5, 0.6) is 0 Å². The molecule has 1 aliphatic heterocycles. The number of ketones is 1. The van der Waals surface area contributed by atoms with Crippen molar-refractivity contribution in [3.8, 4) is 0 Å². The predicted molar refractivity (Wildman–Crippen MR) is 142 cm³/mol. The highest BCUT2D eigenvalue weighted by molar-refractivity contribution is 5.96. The number of rotatable bonds is 12. The molecule has 37 heavy (non-hydrogen) atoms. The van der Waals surface area contributed by atoms with Gasteiger partial charge in [0, 0.05) is 25.1 Å².